The van der Waals surface area contributed by atoms with Crippen molar-refractivity contribution in [2.45, 2.75) is 24.4 Å². The zero-order valence-electron chi connectivity index (χ0n) is 14.5. The van der Waals surface area contributed by atoms with E-state index >= 15 is 0 Å². The fourth-order valence-electron chi connectivity index (χ4n) is 3.38. The van der Waals surface area contributed by atoms with E-state index in [9.17, 15) is 9.59 Å². The van der Waals surface area contributed by atoms with Gasteiger partial charge in [-0.15, -0.1) is 11.8 Å². The Balaban J connectivity index is 1.59. The second kappa shape index (κ2) is 7.54. The lowest BCUT2D eigenvalue weighted by atomic mass is 10.0. The molecule has 7 heteroatoms. The number of para-hydroxylation sites is 1. The second-order valence-corrected chi connectivity index (χ2v) is 7.62. The van der Waals surface area contributed by atoms with E-state index in [1.165, 1.54) is 0 Å². The molecule has 6 nitrogen and oxygen atoms in total. The summed E-state index contributed by atoms with van der Waals surface area (Å²) in [6, 6.07) is 11.2. The summed E-state index contributed by atoms with van der Waals surface area (Å²) < 4.78 is 1.86. The Hall–Kier alpha value is -2.64. The van der Waals surface area contributed by atoms with Crippen molar-refractivity contribution in [3.05, 3.63) is 66.1 Å². The van der Waals surface area contributed by atoms with E-state index in [2.05, 4.69) is 10.3 Å². The summed E-state index contributed by atoms with van der Waals surface area (Å²) in [5.41, 5.74) is 2.58. The van der Waals surface area contributed by atoms with Crippen LogP contribution in [0.3, 0.4) is 0 Å². The van der Waals surface area contributed by atoms with Gasteiger partial charge < -0.3 is 9.67 Å². The maximum absolute atomic E-state index is 13.2. The number of aliphatic carboxylic acids is 1. The first kappa shape index (κ1) is 17.8. The van der Waals surface area contributed by atoms with Gasteiger partial charge in [-0.05, 0) is 17.7 Å². The molecule has 1 saturated heterocycles. The number of ketones is 1. The molecule has 4 rings (SSSR count). The van der Waals surface area contributed by atoms with Gasteiger partial charge in [-0.2, -0.15) is 0 Å². The molecule has 0 aliphatic carbocycles. The standard InChI is InChI=1S/C20H19N3O3S/c24-18(25)7-9-23-11-15(14-5-1-2-6-17(14)23)19(26)16-12-27-20(22-16)13-4-3-8-21-10-13/h1-6,8,10-11,16,20,22H,7,9,12H2,(H,24,25)/t16-,20?/m0/s1. The van der Waals surface area contributed by atoms with E-state index in [-0.39, 0.29) is 23.6 Å². The van der Waals surface area contributed by atoms with Crippen molar-refractivity contribution in [2.24, 2.45) is 0 Å². The third-order valence-electron chi connectivity index (χ3n) is 4.71. The molecule has 1 aromatic carbocycles. The van der Waals surface area contributed by atoms with Crippen molar-refractivity contribution in [3.63, 3.8) is 0 Å². The number of hydrogen-bond donors (Lipinski definition) is 2. The number of rotatable bonds is 6. The number of nitrogens with one attached hydrogen (secondary N) is 1. The maximum atomic E-state index is 13.2. The minimum Gasteiger partial charge on any atom is -0.481 e. The van der Waals surface area contributed by atoms with Gasteiger partial charge in [0.1, 0.15) is 0 Å². The van der Waals surface area contributed by atoms with E-state index < -0.39 is 5.97 Å². The number of aryl methyl sites for hydroxylation is 1. The smallest absolute Gasteiger partial charge is 0.305 e. The molecule has 27 heavy (non-hydrogen) atoms. The Morgan fingerprint density at radius 1 is 1.26 bits per heavy atom. The van der Waals surface area contributed by atoms with Gasteiger partial charge in [-0.3, -0.25) is 19.9 Å². The van der Waals surface area contributed by atoms with E-state index in [4.69, 9.17) is 5.11 Å². The summed E-state index contributed by atoms with van der Waals surface area (Å²) in [6.45, 7) is 0.342. The van der Waals surface area contributed by atoms with Gasteiger partial charge in [0.05, 0.1) is 17.8 Å². The largest absolute Gasteiger partial charge is 0.481 e. The van der Waals surface area contributed by atoms with Crippen LogP contribution in [-0.4, -0.2) is 38.2 Å². The van der Waals surface area contributed by atoms with E-state index in [1.54, 1.807) is 24.2 Å². The molecule has 138 valence electrons. The Morgan fingerprint density at radius 2 is 2.11 bits per heavy atom. The zero-order chi connectivity index (χ0) is 18.8. The molecule has 3 aromatic rings. The number of hydrogen-bond acceptors (Lipinski definition) is 5. The number of carboxylic acids is 1. The minimum atomic E-state index is -0.853. The van der Waals surface area contributed by atoms with Gasteiger partial charge in [0.2, 0.25) is 0 Å². The molecule has 3 heterocycles. The molecule has 1 unspecified atom stereocenters. The van der Waals surface area contributed by atoms with Gasteiger partial charge in [0.25, 0.3) is 0 Å². The minimum absolute atomic E-state index is 0.0208. The summed E-state index contributed by atoms with van der Waals surface area (Å²) in [4.78, 5) is 28.2. The third-order valence-corrected chi connectivity index (χ3v) is 5.97. The highest BCUT2D eigenvalue weighted by molar-refractivity contribution is 7.99. The first-order chi connectivity index (χ1) is 13.1. The number of nitrogens with zero attached hydrogens (tertiary/aromatic N) is 2. The average Bonchev–Trinajstić information content (AvgIpc) is 3.32. The average molecular weight is 381 g/mol. The van der Waals surface area contributed by atoms with Crippen LogP contribution in [0.4, 0.5) is 0 Å². The Morgan fingerprint density at radius 3 is 2.89 bits per heavy atom. The van der Waals surface area contributed by atoms with Crippen molar-refractivity contribution in [2.75, 3.05) is 5.75 Å². The highest BCUT2D eigenvalue weighted by Crippen LogP contribution is 2.34. The van der Waals surface area contributed by atoms with Gasteiger partial charge in [0, 0.05) is 47.4 Å². The van der Waals surface area contributed by atoms with Crippen molar-refractivity contribution in [3.8, 4) is 0 Å². The van der Waals surface area contributed by atoms with Gasteiger partial charge >= 0.3 is 5.97 Å². The summed E-state index contributed by atoms with van der Waals surface area (Å²) >= 11 is 1.70. The highest BCUT2D eigenvalue weighted by Gasteiger charge is 2.32. The molecule has 2 N–H and O–H groups in total. The van der Waals surface area contributed by atoms with Crippen LogP contribution in [-0.2, 0) is 11.3 Å². The number of carboxylic acid groups (broad SMARTS) is 1. The molecule has 1 aliphatic heterocycles. The van der Waals surface area contributed by atoms with Crippen LogP contribution in [0.5, 0.6) is 0 Å². The monoisotopic (exact) mass is 381 g/mol. The number of carbonyl (C=O) groups is 2. The fourth-order valence-corrected chi connectivity index (χ4v) is 4.60. The van der Waals surface area contributed by atoms with Crippen LogP contribution in [0.2, 0.25) is 0 Å². The molecule has 0 spiro atoms. The number of benzene rings is 1. The third kappa shape index (κ3) is 3.61. The summed E-state index contributed by atoms with van der Waals surface area (Å²) in [5.74, 6) is -0.125. The second-order valence-electron chi connectivity index (χ2n) is 6.48. The predicted molar refractivity (Wildman–Crippen MR) is 105 cm³/mol. The quantitative estimate of drug-likeness (QED) is 0.639. The van der Waals surface area contributed by atoms with Crippen molar-refractivity contribution >= 4 is 34.4 Å². The van der Waals surface area contributed by atoms with Crippen LogP contribution < -0.4 is 5.32 Å². The summed E-state index contributed by atoms with van der Waals surface area (Å²) in [5, 5.41) is 13.3. The lowest BCUT2D eigenvalue weighted by molar-refractivity contribution is -0.137. The van der Waals surface area contributed by atoms with Crippen LogP contribution in [0.15, 0.2) is 55.0 Å². The van der Waals surface area contributed by atoms with Crippen molar-refractivity contribution in [1.29, 1.82) is 0 Å². The van der Waals surface area contributed by atoms with Crippen molar-refractivity contribution < 1.29 is 14.7 Å². The molecule has 0 amide bonds. The summed E-state index contributed by atoms with van der Waals surface area (Å²) in [6.07, 6.45) is 5.36. The Kier molecular flexibility index (Phi) is 4.96. The number of aromatic nitrogens is 2. The fraction of sp³-hybridized carbons (Fsp3) is 0.250. The Labute approximate surface area is 160 Å². The van der Waals surface area contributed by atoms with Gasteiger partial charge in [-0.25, -0.2) is 0 Å². The zero-order valence-corrected chi connectivity index (χ0v) is 15.4. The SMILES string of the molecule is O=C(O)CCn1cc(C(=O)[C@@H]2CSC(c3cccnc3)N2)c2ccccc21. The molecular weight excluding hydrogens is 362 g/mol. The number of pyridine rings is 1. The molecule has 2 aromatic heterocycles. The van der Waals surface area contributed by atoms with E-state index in [1.807, 2.05) is 47.2 Å². The molecule has 0 saturated carbocycles. The first-order valence-electron chi connectivity index (χ1n) is 8.75. The van der Waals surface area contributed by atoms with Crippen LogP contribution in [0.25, 0.3) is 10.9 Å². The predicted octanol–water partition coefficient (Wildman–Crippen LogP) is 3.10. The Bertz CT molecular complexity index is 987. The molecule has 1 aliphatic rings. The number of Topliss-reactive ketones (excluding diaryl/α,β-unsaturated/α-hetero) is 1. The topological polar surface area (TPSA) is 84.2 Å². The summed E-state index contributed by atoms with van der Waals surface area (Å²) in [7, 11) is 0. The first-order valence-corrected chi connectivity index (χ1v) is 9.80. The van der Waals surface area contributed by atoms with E-state index in [0.717, 1.165) is 16.5 Å². The molecular formula is C20H19N3O3S. The lowest BCUT2D eigenvalue weighted by Crippen LogP contribution is -2.34. The normalized spacial score (nSPS) is 19.4. The highest BCUT2D eigenvalue weighted by atomic mass is 32.2. The molecule has 0 radical (unpaired) electrons. The number of carbonyl (C=O) groups excluding carboxylic acids is 1. The van der Waals surface area contributed by atoms with Crippen LogP contribution in [0, 0.1) is 0 Å². The van der Waals surface area contributed by atoms with Crippen LogP contribution >= 0.6 is 11.8 Å². The number of thioether (sulfide) groups is 1. The van der Waals surface area contributed by atoms with E-state index in [0.29, 0.717) is 17.9 Å². The maximum Gasteiger partial charge on any atom is 0.305 e. The van der Waals surface area contributed by atoms with Crippen LogP contribution in [0.1, 0.15) is 27.7 Å². The molecule has 2 atom stereocenters. The van der Waals surface area contributed by atoms with Gasteiger partial charge in [-0.1, -0.05) is 24.3 Å². The van der Waals surface area contributed by atoms with Crippen molar-refractivity contribution in [1.82, 2.24) is 14.9 Å². The van der Waals surface area contributed by atoms with Gasteiger partial charge in [0.15, 0.2) is 5.78 Å². The lowest BCUT2D eigenvalue weighted by Gasteiger charge is -2.12. The molecule has 1 fully saturated rings. The molecule has 0 bridgehead atoms. The number of fused-ring (bicyclic) bond motifs is 1.